The van der Waals surface area contributed by atoms with E-state index in [1.54, 1.807) is 32.2 Å². The molecule has 0 spiro atoms. The largest absolute Gasteiger partial charge is 0.493 e. The van der Waals surface area contributed by atoms with Gasteiger partial charge in [0.25, 0.3) is 5.69 Å². The molecule has 0 atom stereocenters. The van der Waals surface area contributed by atoms with Gasteiger partial charge in [0.1, 0.15) is 24.1 Å². The average Bonchev–Trinajstić information content (AvgIpc) is 2.84. The van der Waals surface area contributed by atoms with Gasteiger partial charge in [0.15, 0.2) is 23.0 Å². The van der Waals surface area contributed by atoms with E-state index in [0.29, 0.717) is 35.5 Å². The molecule has 0 fully saturated rings. The number of nitrogens with zero attached hydrogens (tertiary/aromatic N) is 2. The van der Waals surface area contributed by atoms with Gasteiger partial charge >= 0.3 is 11.8 Å². The SMILES string of the molecule is COc1ccc([N+](=CCCCOc2cc3c(cc2[N+](=O)[O-])NC(=O)OC3(C)C)OS)c(C(C)=O)c1OC. The molecule has 1 aliphatic heterocycles. The van der Waals surface area contributed by atoms with Gasteiger partial charge in [-0.05, 0) is 39.3 Å². The molecule has 1 heterocycles. The minimum Gasteiger partial charge on any atom is -0.493 e. The highest BCUT2D eigenvalue weighted by Crippen LogP contribution is 2.42. The first-order chi connectivity index (χ1) is 17.5. The van der Waals surface area contributed by atoms with Crippen LogP contribution in [0.1, 0.15) is 49.5 Å². The molecule has 198 valence electrons. The lowest BCUT2D eigenvalue weighted by molar-refractivity contribution is -0.672. The standard InChI is InChI=1S/C24H27N3O9S/c1-14(28)21-17(8-9-19(32-4)22(21)33-5)26(36-37)10-6-7-11-34-20-12-15-16(13-18(20)27(30)31)25-23(29)35-24(15,2)3/h8-10,12-13H,6-7,11H2,1-5H3,(H-,25,29,37)/p+1. The van der Waals surface area contributed by atoms with Crippen molar-refractivity contribution in [2.24, 2.45) is 0 Å². The van der Waals surface area contributed by atoms with E-state index >= 15 is 0 Å². The third-order valence-corrected chi connectivity index (χ3v) is 5.81. The van der Waals surface area contributed by atoms with Gasteiger partial charge in [0.05, 0.1) is 31.4 Å². The zero-order chi connectivity index (χ0) is 27.3. The summed E-state index contributed by atoms with van der Waals surface area (Å²) in [6, 6.07) is 6.04. The Kier molecular flexibility index (Phi) is 8.48. The van der Waals surface area contributed by atoms with Crippen LogP contribution in [0.5, 0.6) is 17.2 Å². The smallest absolute Gasteiger partial charge is 0.412 e. The van der Waals surface area contributed by atoms with Crippen LogP contribution in [-0.4, -0.2) is 48.6 Å². The van der Waals surface area contributed by atoms with Crippen LogP contribution in [0.2, 0.25) is 0 Å². The number of nitrogens with one attached hydrogen (secondary N) is 1. The molecule has 3 rings (SSSR count). The maximum Gasteiger partial charge on any atom is 0.412 e. The monoisotopic (exact) mass is 534 g/mol. The fraction of sp³-hybridized carbons (Fsp3) is 0.375. The number of cyclic esters (lactones) is 1. The molecule has 0 saturated carbocycles. The Balaban J connectivity index is 1.78. The van der Waals surface area contributed by atoms with Crippen LogP contribution in [-0.2, 0) is 14.6 Å². The number of thiol groups is 1. The van der Waals surface area contributed by atoms with Crippen LogP contribution in [0.15, 0.2) is 24.3 Å². The first-order valence-electron chi connectivity index (χ1n) is 11.2. The van der Waals surface area contributed by atoms with E-state index in [1.807, 2.05) is 0 Å². The molecule has 0 saturated heterocycles. The molecular formula is C24H28N3O9S+. The number of fused-ring (bicyclic) bond motifs is 1. The predicted molar refractivity (Wildman–Crippen MR) is 137 cm³/mol. The molecule has 1 N–H and O–H groups in total. The average molecular weight is 535 g/mol. The van der Waals surface area contributed by atoms with E-state index in [0.717, 1.165) is 0 Å². The van der Waals surface area contributed by atoms with E-state index in [2.05, 4.69) is 18.2 Å². The summed E-state index contributed by atoms with van der Waals surface area (Å²) in [5.41, 5.74) is 0.236. The molecule has 13 heteroatoms. The zero-order valence-electron chi connectivity index (χ0n) is 21.0. The number of ether oxygens (including phenoxy) is 4. The number of hydrogen-bond donors (Lipinski definition) is 2. The van der Waals surface area contributed by atoms with Gasteiger partial charge in [-0.3, -0.25) is 20.2 Å². The zero-order valence-corrected chi connectivity index (χ0v) is 21.9. The minimum atomic E-state index is -0.989. The number of hydrogen-bond acceptors (Lipinski definition) is 10. The van der Waals surface area contributed by atoms with Crippen LogP contribution in [0.4, 0.5) is 21.9 Å². The van der Waals surface area contributed by atoms with Crippen LogP contribution in [0.25, 0.3) is 0 Å². The number of nitro groups is 1. The number of nitro benzene ring substituents is 1. The van der Waals surface area contributed by atoms with Crippen molar-refractivity contribution in [3.05, 3.63) is 45.5 Å². The second-order valence-electron chi connectivity index (χ2n) is 8.48. The number of carbonyl (C=O) groups is 2. The number of Topliss-reactive ketones (excluding diaryl/α,β-unsaturated/α-hetero) is 1. The van der Waals surface area contributed by atoms with E-state index in [9.17, 15) is 19.7 Å². The summed E-state index contributed by atoms with van der Waals surface area (Å²) in [4.78, 5) is 35.2. The number of rotatable bonds is 11. The van der Waals surface area contributed by atoms with Crippen LogP contribution >= 0.6 is 12.9 Å². The van der Waals surface area contributed by atoms with E-state index in [4.69, 9.17) is 23.2 Å². The highest BCUT2D eigenvalue weighted by Gasteiger charge is 2.36. The Labute approximate surface area is 218 Å². The second kappa shape index (κ2) is 11.4. The number of ketones is 1. The van der Waals surface area contributed by atoms with Crippen molar-refractivity contribution in [3.8, 4) is 17.2 Å². The summed E-state index contributed by atoms with van der Waals surface area (Å²) in [7, 11) is 2.90. The van der Waals surface area contributed by atoms with Crippen LogP contribution in [0, 0.1) is 10.1 Å². The van der Waals surface area contributed by atoms with Crippen molar-refractivity contribution < 1.29 is 42.5 Å². The Morgan fingerprint density at radius 1 is 1.19 bits per heavy atom. The molecule has 1 amide bonds. The summed E-state index contributed by atoms with van der Waals surface area (Å²) in [6.07, 6.45) is 1.82. The number of methoxy groups -OCH3 is 2. The van der Waals surface area contributed by atoms with Crippen molar-refractivity contribution in [2.75, 3.05) is 26.1 Å². The fourth-order valence-corrected chi connectivity index (χ4v) is 4.10. The molecule has 0 aromatic heterocycles. The first kappa shape index (κ1) is 27.6. The third kappa shape index (κ3) is 5.88. The minimum absolute atomic E-state index is 0.0534. The van der Waals surface area contributed by atoms with E-state index in [-0.39, 0.29) is 35.1 Å². The van der Waals surface area contributed by atoms with Gasteiger partial charge in [-0.15, -0.1) is 0 Å². The van der Waals surface area contributed by atoms with Crippen molar-refractivity contribution in [2.45, 2.75) is 39.2 Å². The normalized spacial score (nSPS) is 14.1. The number of anilines is 1. The third-order valence-electron chi connectivity index (χ3n) is 5.63. The molecule has 1 aliphatic rings. The highest BCUT2D eigenvalue weighted by atomic mass is 32.1. The van der Waals surface area contributed by atoms with Crippen LogP contribution in [0.3, 0.4) is 0 Å². The molecule has 0 unspecified atom stereocenters. The van der Waals surface area contributed by atoms with Crippen molar-refractivity contribution >= 4 is 48.1 Å². The quantitative estimate of drug-likeness (QED) is 0.0598. The Bertz CT molecular complexity index is 1260. The molecular weight excluding hydrogens is 506 g/mol. The molecule has 0 bridgehead atoms. The molecule has 2 aromatic rings. The molecule has 0 aliphatic carbocycles. The topological polar surface area (TPSA) is 138 Å². The first-order valence-corrected chi connectivity index (χ1v) is 11.6. The Hall–Kier alpha value is -4.00. The van der Waals surface area contributed by atoms with Crippen molar-refractivity contribution in [1.29, 1.82) is 0 Å². The van der Waals surface area contributed by atoms with Gasteiger partial charge in [-0.1, -0.05) is 0 Å². The lowest BCUT2D eigenvalue weighted by atomic mass is 9.94. The predicted octanol–water partition coefficient (Wildman–Crippen LogP) is 4.96. The molecule has 0 radical (unpaired) electrons. The van der Waals surface area contributed by atoms with Gasteiger partial charge in [0, 0.05) is 28.9 Å². The van der Waals surface area contributed by atoms with Gasteiger partial charge in [-0.2, -0.15) is 4.28 Å². The fourth-order valence-electron chi connectivity index (χ4n) is 3.94. The molecule has 12 nitrogen and oxygen atoms in total. The Morgan fingerprint density at radius 2 is 1.92 bits per heavy atom. The summed E-state index contributed by atoms with van der Waals surface area (Å²) >= 11 is 3.91. The lowest BCUT2D eigenvalue weighted by Gasteiger charge is -2.32. The van der Waals surface area contributed by atoms with E-state index in [1.165, 1.54) is 38.0 Å². The number of carbonyl (C=O) groups excluding carboxylic acids is 2. The van der Waals surface area contributed by atoms with Gasteiger partial charge < -0.3 is 18.9 Å². The maximum absolute atomic E-state index is 12.4. The van der Waals surface area contributed by atoms with Crippen molar-refractivity contribution in [3.63, 3.8) is 0 Å². The number of unbranched alkanes of at least 4 members (excludes halogenated alkanes) is 1. The summed E-state index contributed by atoms with van der Waals surface area (Å²) < 4.78 is 28.1. The van der Waals surface area contributed by atoms with Gasteiger partial charge in [-0.25, -0.2) is 4.79 Å². The van der Waals surface area contributed by atoms with Crippen molar-refractivity contribution in [1.82, 2.24) is 0 Å². The summed E-state index contributed by atoms with van der Waals surface area (Å²) in [5, 5.41) is 14.1. The van der Waals surface area contributed by atoms with E-state index < -0.39 is 16.6 Å². The molecule has 2 aromatic carbocycles. The Morgan fingerprint density at radius 3 is 2.51 bits per heavy atom. The summed E-state index contributed by atoms with van der Waals surface area (Å²) in [5.74, 6) is 0.449. The number of benzene rings is 2. The number of amides is 1. The second-order valence-corrected chi connectivity index (χ2v) is 8.64. The molecule has 37 heavy (non-hydrogen) atoms. The summed E-state index contributed by atoms with van der Waals surface area (Å²) in [6.45, 7) is 4.90. The van der Waals surface area contributed by atoms with Gasteiger partial charge in [0.2, 0.25) is 6.21 Å². The van der Waals surface area contributed by atoms with Crippen LogP contribution < -0.4 is 19.5 Å². The maximum atomic E-state index is 12.4. The highest BCUT2D eigenvalue weighted by molar-refractivity contribution is 7.74. The lowest BCUT2D eigenvalue weighted by Crippen LogP contribution is -2.34.